The van der Waals surface area contributed by atoms with Crippen molar-refractivity contribution in [3.05, 3.63) is 51.3 Å². The van der Waals surface area contributed by atoms with Crippen molar-refractivity contribution >= 4 is 17.2 Å². The molecule has 0 bridgehead atoms. The third kappa shape index (κ3) is 2.63. The van der Waals surface area contributed by atoms with E-state index in [4.69, 9.17) is 18.0 Å². The van der Waals surface area contributed by atoms with Crippen LogP contribution in [0.1, 0.15) is 23.6 Å². The summed E-state index contributed by atoms with van der Waals surface area (Å²) >= 11 is 4.96. The van der Waals surface area contributed by atoms with Crippen molar-refractivity contribution in [2.24, 2.45) is 5.73 Å². The topological polar surface area (TPSA) is 60.9 Å². The summed E-state index contributed by atoms with van der Waals surface area (Å²) in [4.78, 5) is 12.2. The number of benzene rings is 1. The fourth-order valence-corrected chi connectivity index (χ4v) is 2.22. The van der Waals surface area contributed by atoms with Gasteiger partial charge >= 0.3 is 0 Å². The fourth-order valence-electron chi connectivity index (χ4n) is 2.08. The highest BCUT2D eigenvalue weighted by molar-refractivity contribution is 7.80. The lowest BCUT2D eigenvalue weighted by molar-refractivity contribution is 0.617. The number of thiocarbonyl (C=S) groups is 1. The largest absolute Gasteiger partial charge is 0.389 e. The van der Waals surface area contributed by atoms with Crippen LogP contribution in [0.3, 0.4) is 0 Å². The monoisotopic (exact) mass is 287 g/mol. The first-order chi connectivity index (χ1) is 9.43. The average Bonchev–Trinajstić information content (AvgIpc) is 2.41. The standard InChI is InChI=1S/C15H17N3OS/c1-4-18-15(19)12(14(16)20)8-13(17-18)11-7-9(2)5-6-10(11)3/h5-8H,4H2,1-3H3,(H2,16,20). The molecule has 1 aromatic carbocycles. The van der Waals surface area contributed by atoms with Crippen molar-refractivity contribution in [1.29, 1.82) is 0 Å². The lowest BCUT2D eigenvalue weighted by atomic mass is 10.0. The van der Waals surface area contributed by atoms with Gasteiger partial charge in [-0.2, -0.15) is 5.10 Å². The molecule has 0 saturated carbocycles. The Morgan fingerprint density at radius 3 is 2.65 bits per heavy atom. The summed E-state index contributed by atoms with van der Waals surface area (Å²) in [6.07, 6.45) is 0. The number of hydrogen-bond acceptors (Lipinski definition) is 3. The summed E-state index contributed by atoms with van der Waals surface area (Å²) in [6.45, 7) is 6.38. The van der Waals surface area contributed by atoms with Crippen LogP contribution in [-0.4, -0.2) is 14.8 Å². The Kier molecular flexibility index (Phi) is 3.99. The van der Waals surface area contributed by atoms with E-state index in [-0.39, 0.29) is 10.5 Å². The molecule has 1 heterocycles. The summed E-state index contributed by atoms with van der Waals surface area (Å²) in [7, 11) is 0. The molecule has 0 unspecified atom stereocenters. The maximum atomic E-state index is 12.1. The van der Waals surface area contributed by atoms with Crippen LogP contribution < -0.4 is 11.3 Å². The van der Waals surface area contributed by atoms with Crippen LogP contribution in [0.15, 0.2) is 29.1 Å². The molecule has 0 aliphatic rings. The molecule has 5 heteroatoms. The maximum absolute atomic E-state index is 12.1. The van der Waals surface area contributed by atoms with Gasteiger partial charge < -0.3 is 5.73 Å². The SMILES string of the molecule is CCn1nc(-c2cc(C)ccc2C)cc(C(N)=S)c1=O. The van der Waals surface area contributed by atoms with Gasteiger partial charge in [0.15, 0.2) is 0 Å². The van der Waals surface area contributed by atoms with Crippen LogP contribution in [0.4, 0.5) is 0 Å². The van der Waals surface area contributed by atoms with Crippen molar-refractivity contribution in [2.45, 2.75) is 27.3 Å². The maximum Gasteiger partial charge on any atom is 0.277 e. The minimum Gasteiger partial charge on any atom is -0.389 e. The van der Waals surface area contributed by atoms with E-state index >= 15 is 0 Å². The third-order valence-electron chi connectivity index (χ3n) is 3.21. The normalized spacial score (nSPS) is 10.6. The zero-order valence-electron chi connectivity index (χ0n) is 11.8. The molecule has 0 amide bonds. The van der Waals surface area contributed by atoms with Crippen LogP contribution in [0.2, 0.25) is 0 Å². The molecule has 0 aliphatic heterocycles. The van der Waals surface area contributed by atoms with Gasteiger partial charge in [-0.3, -0.25) is 4.79 Å². The van der Waals surface area contributed by atoms with Crippen molar-refractivity contribution in [3.63, 3.8) is 0 Å². The molecule has 0 aliphatic carbocycles. The van der Waals surface area contributed by atoms with Gasteiger partial charge in [-0.1, -0.05) is 29.9 Å². The van der Waals surface area contributed by atoms with Crippen molar-refractivity contribution in [3.8, 4) is 11.3 Å². The molecular formula is C15H17N3OS. The van der Waals surface area contributed by atoms with Gasteiger partial charge in [0, 0.05) is 12.1 Å². The predicted molar refractivity (Wildman–Crippen MR) is 85.0 cm³/mol. The van der Waals surface area contributed by atoms with Crippen LogP contribution in [0.25, 0.3) is 11.3 Å². The van der Waals surface area contributed by atoms with Crippen LogP contribution in [-0.2, 0) is 6.54 Å². The molecule has 104 valence electrons. The molecule has 20 heavy (non-hydrogen) atoms. The lowest BCUT2D eigenvalue weighted by Gasteiger charge is -2.11. The van der Waals surface area contributed by atoms with Gasteiger partial charge in [0.1, 0.15) is 4.99 Å². The van der Waals surface area contributed by atoms with E-state index < -0.39 is 0 Å². The summed E-state index contributed by atoms with van der Waals surface area (Å²) in [5.74, 6) is 0. The van der Waals surface area contributed by atoms with Crippen LogP contribution >= 0.6 is 12.2 Å². The Morgan fingerprint density at radius 1 is 1.35 bits per heavy atom. The van der Waals surface area contributed by atoms with Gasteiger partial charge in [-0.05, 0) is 38.5 Å². The summed E-state index contributed by atoms with van der Waals surface area (Å²) < 4.78 is 1.39. The number of hydrogen-bond donors (Lipinski definition) is 1. The third-order valence-corrected chi connectivity index (χ3v) is 3.43. The lowest BCUT2D eigenvalue weighted by Crippen LogP contribution is -2.30. The van der Waals surface area contributed by atoms with Crippen molar-refractivity contribution in [1.82, 2.24) is 9.78 Å². The zero-order valence-corrected chi connectivity index (χ0v) is 12.6. The molecule has 2 N–H and O–H groups in total. The molecule has 2 aromatic rings. The minimum absolute atomic E-state index is 0.103. The molecular weight excluding hydrogens is 270 g/mol. The highest BCUT2D eigenvalue weighted by Gasteiger charge is 2.12. The number of nitrogens with zero attached hydrogens (tertiary/aromatic N) is 2. The average molecular weight is 287 g/mol. The Hall–Kier alpha value is -2.01. The van der Waals surface area contributed by atoms with Gasteiger partial charge in [0.25, 0.3) is 5.56 Å². The first-order valence-corrected chi connectivity index (χ1v) is 6.84. The van der Waals surface area contributed by atoms with Gasteiger partial charge in [-0.25, -0.2) is 4.68 Å². The van der Waals surface area contributed by atoms with E-state index in [1.807, 2.05) is 39.0 Å². The molecule has 0 spiro atoms. The second-order valence-corrected chi connectivity index (χ2v) is 5.19. The molecule has 0 saturated heterocycles. The molecule has 4 nitrogen and oxygen atoms in total. The number of aromatic nitrogens is 2. The first-order valence-electron chi connectivity index (χ1n) is 6.43. The van der Waals surface area contributed by atoms with E-state index in [1.165, 1.54) is 4.68 Å². The van der Waals surface area contributed by atoms with E-state index in [0.717, 1.165) is 22.4 Å². The van der Waals surface area contributed by atoms with E-state index in [1.54, 1.807) is 6.07 Å². The summed E-state index contributed by atoms with van der Waals surface area (Å²) in [5, 5.41) is 4.39. The second kappa shape index (κ2) is 5.54. The smallest absolute Gasteiger partial charge is 0.277 e. The highest BCUT2D eigenvalue weighted by atomic mass is 32.1. The highest BCUT2D eigenvalue weighted by Crippen LogP contribution is 2.22. The Bertz CT molecular complexity index is 734. The second-order valence-electron chi connectivity index (χ2n) is 4.75. The number of nitrogens with two attached hydrogens (primary N) is 1. The predicted octanol–water partition coefficient (Wildman–Crippen LogP) is 2.18. The molecule has 1 aromatic heterocycles. The molecule has 2 rings (SSSR count). The Labute approximate surface area is 123 Å². The summed E-state index contributed by atoms with van der Waals surface area (Å²) in [6, 6.07) is 7.81. The molecule has 0 fully saturated rings. The zero-order chi connectivity index (χ0) is 14.9. The van der Waals surface area contributed by atoms with Crippen LogP contribution in [0, 0.1) is 13.8 Å². The quantitative estimate of drug-likeness (QED) is 0.879. The van der Waals surface area contributed by atoms with Gasteiger partial charge in [0.05, 0.1) is 11.3 Å². The van der Waals surface area contributed by atoms with Crippen molar-refractivity contribution < 1.29 is 0 Å². The van der Waals surface area contributed by atoms with Gasteiger partial charge in [-0.15, -0.1) is 0 Å². The minimum atomic E-state index is -0.242. The van der Waals surface area contributed by atoms with E-state index in [0.29, 0.717) is 12.1 Å². The van der Waals surface area contributed by atoms with E-state index in [2.05, 4.69) is 5.10 Å². The molecule has 0 atom stereocenters. The molecule has 0 radical (unpaired) electrons. The number of aryl methyl sites for hydroxylation is 3. The van der Waals surface area contributed by atoms with Gasteiger partial charge in [0.2, 0.25) is 0 Å². The number of rotatable bonds is 3. The first kappa shape index (κ1) is 14.4. The Balaban J connectivity index is 2.75. The van der Waals surface area contributed by atoms with Crippen molar-refractivity contribution in [2.75, 3.05) is 0 Å². The summed E-state index contributed by atoms with van der Waals surface area (Å²) in [5.41, 5.74) is 9.68. The van der Waals surface area contributed by atoms with E-state index in [9.17, 15) is 4.79 Å². The fraction of sp³-hybridized carbons (Fsp3) is 0.267. The Morgan fingerprint density at radius 2 is 2.05 bits per heavy atom. The van der Waals surface area contributed by atoms with Crippen LogP contribution in [0.5, 0.6) is 0 Å².